The second-order valence-corrected chi connectivity index (χ2v) is 31.9. The fourth-order valence-corrected chi connectivity index (χ4v) is 13.6. The predicted octanol–water partition coefficient (Wildman–Crippen LogP) is 24.0. The molecule has 0 aromatic heterocycles. The number of rotatable bonds is 79. The lowest BCUT2D eigenvalue weighted by Gasteiger charge is -2.21. The van der Waals surface area contributed by atoms with Crippen LogP contribution in [0, 0.1) is 5.92 Å². The maximum Gasteiger partial charge on any atom is 0.472 e. The average Bonchev–Trinajstić information content (AvgIpc) is 1.02. The van der Waals surface area contributed by atoms with Gasteiger partial charge >= 0.3 is 39.5 Å². The van der Waals surface area contributed by atoms with Crippen LogP contribution in [0.2, 0.25) is 0 Å². The highest BCUT2D eigenvalue weighted by Crippen LogP contribution is 2.45. The van der Waals surface area contributed by atoms with Crippen LogP contribution in [0.3, 0.4) is 0 Å². The third-order valence-electron chi connectivity index (χ3n) is 18.4. The van der Waals surface area contributed by atoms with Crippen LogP contribution in [0.15, 0.2) is 24.3 Å². The van der Waals surface area contributed by atoms with Crippen LogP contribution < -0.4 is 0 Å². The van der Waals surface area contributed by atoms with Crippen LogP contribution in [0.5, 0.6) is 0 Å². The first-order valence-electron chi connectivity index (χ1n) is 41.5. The Hall–Kier alpha value is -2.46. The van der Waals surface area contributed by atoms with Gasteiger partial charge in [0, 0.05) is 25.7 Å². The number of hydrogen-bond donors (Lipinski definition) is 3. The van der Waals surface area contributed by atoms with Gasteiger partial charge in [0.25, 0.3) is 0 Å². The van der Waals surface area contributed by atoms with Gasteiger partial charge < -0.3 is 33.8 Å². The van der Waals surface area contributed by atoms with Crippen LogP contribution in [0.4, 0.5) is 0 Å². The van der Waals surface area contributed by atoms with Crippen molar-refractivity contribution in [2.45, 2.75) is 425 Å². The molecule has 0 rings (SSSR count). The van der Waals surface area contributed by atoms with Gasteiger partial charge in [-0.3, -0.25) is 37.3 Å². The summed E-state index contributed by atoms with van der Waals surface area (Å²) in [7, 11) is -9.93. The van der Waals surface area contributed by atoms with Gasteiger partial charge in [0.2, 0.25) is 0 Å². The van der Waals surface area contributed by atoms with E-state index in [1.54, 1.807) is 0 Å². The first kappa shape index (κ1) is 97.5. The van der Waals surface area contributed by atoms with Gasteiger partial charge in [-0.25, -0.2) is 9.13 Å². The molecule has 0 aromatic rings. The Labute approximate surface area is 612 Å². The molecule has 17 nitrogen and oxygen atoms in total. The van der Waals surface area contributed by atoms with Crippen molar-refractivity contribution in [3.8, 4) is 0 Å². The van der Waals surface area contributed by atoms with E-state index in [1.807, 2.05) is 0 Å². The van der Waals surface area contributed by atoms with Crippen molar-refractivity contribution in [3.05, 3.63) is 24.3 Å². The van der Waals surface area contributed by atoms with Gasteiger partial charge in [0.1, 0.15) is 19.3 Å². The highest BCUT2D eigenvalue weighted by Gasteiger charge is 2.30. The zero-order chi connectivity index (χ0) is 73.4. The molecule has 5 atom stereocenters. The number of carbonyl (C=O) groups is 4. The number of aliphatic hydroxyl groups excluding tert-OH is 1. The maximum absolute atomic E-state index is 13.1. The number of carbonyl (C=O) groups excluding carboxylic acids is 4. The van der Waals surface area contributed by atoms with Gasteiger partial charge in [-0.05, 0) is 57.3 Å². The van der Waals surface area contributed by atoms with E-state index in [9.17, 15) is 43.2 Å². The van der Waals surface area contributed by atoms with Crippen LogP contribution in [0.1, 0.15) is 407 Å². The normalized spacial score (nSPS) is 14.0. The first-order chi connectivity index (χ1) is 48.5. The van der Waals surface area contributed by atoms with Gasteiger partial charge in [-0.2, -0.15) is 0 Å². The van der Waals surface area contributed by atoms with Gasteiger partial charge in [-0.1, -0.05) is 354 Å². The molecule has 0 aromatic carbocycles. The number of aliphatic hydroxyl groups is 1. The average molecular weight is 1460 g/mol. The molecule has 0 aliphatic carbocycles. The largest absolute Gasteiger partial charge is 0.472 e. The monoisotopic (exact) mass is 1460 g/mol. The lowest BCUT2D eigenvalue weighted by atomic mass is 10.0. The minimum atomic E-state index is -4.97. The van der Waals surface area contributed by atoms with Crippen molar-refractivity contribution < 1.29 is 80.2 Å². The highest BCUT2D eigenvalue weighted by atomic mass is 31.2. The van der Waals surface area contributed by atoms with Crippen molar-refractivity contribution in [3.63, 3.8) is 0 Å². The molecular formula is C81H154O17P2. The summed E-state index contributed by atoms with van der Waals surface area (Å²) < 4.78 is 68.6. The van der Waals surface area contributed by atoms with Crippen LogP contribution in [-0.4, -0.2) is 96.7 Å². The summed E-state index contributed by atoms with van der Waals surface area (Å²) in [5.41, 5.74) is 0. The number of esters is 4. The molecule has 0 heterocycles. The van der Waals surface area contributed by atoms with E-state index in [-0.39, 0.29) is 25.7 Å². The maximum atomic E-state index is 13.1. The fourth-order valence-electron chi connectivity index (χ4n) is 12.0. The van der Waals surface area contributed by atoms with Gasteiger partial charge in [-0.15, -0.1) is 0 Å². The first-order valence-corrected chi connectivity index (χ1v) is 44.4. The van der Waals surface area contributed by atoms with Crippen LogP contribution >= 0.6 is 15.6 Å². The Bertz CT molecular complexity index is 2000. The summed E-state index contributed by atoms with van der Waals surface area (Å²) in [6.07, 6.45) is 67.4. The van der Waals surface area contributed by atoms with Crippen molar-refractivity contribution in [2.75, 3.05) is 39.6 Å². The molecule has 0 bridgehead atoms. The Kier molecular flexibility index (Phi) is 71.6. The molecule has 0 saturated carbocycles. The zero-order valence-corrected chi connectivity index (χ0v) is 66.6. The molecule has 0 fully saturated rings. The van der Waals surface area contributed by atoms with Crippen molar-refractivity contribution >= 4 is 39.5 Å². The number of unbranched alkanes of at least 4 members (excludes halogenated alkanes) is 48. The third-order valence-corrected chi connectivity index (χ3v) is 20.3. The molecule has 0 amide bonds. The van der Waals surface area contributed by atoms with Crippen molar-refractivity contribution in [1.29, 1.82) is 0 Å². The third kappa shape index (κ3) is 73.8. The quantitative estimate of drug-likeness (QED) is 0.0169. The molecule has 19 heteroatoms. The van der Waals surface area contributed by atoms with Gasteiger partial charge in [0.05, 0.1) is 26.4 Å². The Morgan fingerprint density at radius 3 is 0.820 bits per heavy atom. The lowest BCUT2D eigenvalue weighted by molar-refractivity contribution is -0.161. The molecule has 0 saturated heterocycles. The standard InChI is InChI=1S/C81H154O17P2/c1-6-9-12-15-18-21-23-25-27-28-29-30-32-38-42-47-52-57-62-67-81(86)98-77(71-92-79(84)65-60-55-50-45-40-36-34-33-35-39-44-48-53-58-63-74(4)5)73-96-100(89,90)94-69-75(82)68-93-99(87,88)95-72-76(70-91-78(83)64-59-54-49-43-20-17-14-11-8-3)97-80(85)66-61-56-51-46-41-37-31-26-24-22-19-16-13-10-7-2/h22,24,26,31,74-77,82H,6-21,23,25,27-30,32-73H2,1-5H3,(H,87,88)(H,89,90)/b24-22-,31-26-/t75-,76+,77+/m0/s1. The summed E-state index contributed by atoms with van der Waals surface area (Å²) in [5.74, 6) is -1.34. The van der Waals surface area contributed by atoms with E-state index in [0.717, 1.165) is 109 Å². The SMILES string of the molecule is CCCCCC/C=C\C=C/CCCCCCCC(=O)O[C@H](COC(=O)CCCCCCCCCCC)COP(=O)(O)OC[C@H](O)COP(=O)(O)OC[C@@H](COC(=O)CCCCCCCCCCCCCCCCC(C)C)OC(=O)CCCCCCCCCCCCCCCCCCCCC. The number of allylic oxidation sites excluding steroid dienone is 4. The van der Waals surface area contributed by atoms with E-state index < -0.39 is 97.5 Å². The Morgan fingerprint density at radius 2 is 0.540 bits per heavy atom. The number of phosphoric ester groups is 2. The summed E-state index contributed by atoms with van der Waals surface area (Å²) in [5, 5.41) is 10.6. The van der Waals surface area contributed by atoms with E-state index >= 15 is 0 Å². The number of hydrogen-bond acceptors (Lipinski definition) is 15. The highest BCUT2D eigenvalue weighted by molar-refractivity contribution is 7.47. The second kappa shape index (κ2) is 73.4. The predicted molar refractivity (Wildman–Crippen MR) is 409 cm³/mol. The molecule has 0 radical (unpaired) electrons. The van der Waals surface area contributed by atoms with Gasteiger partial charge in [0.15, 0.2) is 12.2 Å². The zero-order valence-electron chi connectivity index (χ0n) is 64.8. The van der Waals surface area contributed by atoms with E-state index in [1.165, 1.54) is 218 Å². The Morgan fingerprint density at radius 1 is 0.310 bits per heavy atom. The number of ether oxygens (including phenoxy) is 4. The van der Waals surface area contributed by atoms with Crippen LogP contribution in [0.25, 0.3) is 0 Å². The lowest BCUT2D eigenvalue weighted by Crippen LogP contribution is -2.30. The van der Waals surface area contributed by atoms with Crippen LogP contribution in [-0.2, 0) is 65.4 Å². The molecular weight excluding hydrogens is 1310 g/mol. The summed E-state index contributed by atoms with van der Waals surface area (Å²) >= 11 is 0. The fraction of sp³-hybridized carbons (Fsp3) is 0.901. The molecule has 3 N–H and O–H groups in total. The van der Waals surface area contributed by atoms with Crippen molar-refractivity contribution in [1.82, 2.24) is 0 Å². The van der Waals surface area contributed by atoms with Crippen molar-refractivity contribution in [2.24, 2.45) is 5.92 Å². The summed E-state index contributed by atoms with van der Waals surface area (Å²) in [6, 6.07) is 0. The smallest absolute Gasteiger partial charge is 0.462 e. The molecule has 0 aliphatic rings. The number of phosphoric acid groups is 2. The molecule has 0 spiro atoms. The molecule has 590 valence electrons. The second-order valence-electron chi connectivity index (χ2n) is 29.0. The minimum absolute atomic E-state index is 0.0854. The van der Waals surface area contributed by atoms with E-state index in [0.29, 0.717) is 25.7 Å². The summed E-state index contributed by atoms with van der Waals surface area (Å²) in [4.78, 5) is 72.9. The summed E-state index contributed by atoms with van der Waals surface area (Å²) in [6.45, 7) is 7.27. The Balaban J connectivity index is 5.25. The topological polar surface area (TPSA) is 237 Å². The molecule has 2 unspecified atom stereocenters. The van der Waals surface area contributed by atoms with E-state index in [4.69, 9.17) is 37.0 Å². The minimum Gasteiger partial charge on any atom is -0.462 e. The molecule has 0 aliphatic heterocycles. The molecule has 100 heavy (non-hydrogen) atoms. The van der Waals surface area contributed by atoms with E-state index in [2.05, 4.69) is 58.9 Å².